The number of esters is 4. The number of benzene rings is 4. The van der Waals surface area contributed by atoms with E-state index in [9.17, 15) is 39.6 Å². The molecule has 2 fully saturated rings. The number of hydrogen-bond acceptors (Lipinski definition) is 15. The van der Waals surface area contributed by atoms with Crippen LogP contribution >= 0.6 is 0 Å². The smallest absolute Gasteiger partial charge is 0.338 e. The summed E-state index contributed by atoms with van der Waals surface area (Å²) in [6.45, 7) is -1.45. The predicted molar refractivity (Wildman–Crippen MR) is 187 cm³/mol. The summed E-state index contributed by atoms with van der Waals surface area (Å²) in [6.07, 6.45) is -17.6. The van der Waals surface area contributed by atoms with Crippen LogP contribution in [-0.2, 0) is 33.2 Å². The normalized spacial score (nSPS) is 27.6. The van der Waals surface area contributed by atoms with Crippen LogP contribution in [-0.4, -0.2) is 119 Å². The quantitative estimate of drug-likeness (QED) is 0.120. The van der Waals surface area contributed by atoms with Crippen LogP contribution in [0, 0.1) is 0 Å². The molecule has 15 heteroatoms. The van der Waals surface area contributed by atoms with Gasteiger partial charge in [0.15, 0.2) is 30.9 Å². The first-order valence-corrected chi connectivity index (χ1v) is 17.3. The molecule has 2 aliphatic heterocycles. The molecular weight excluding hydrogens is 720 g/mol. The van der Waals surface area contributed by atoms with Gasteiger partial charge in [-0.3, -0.25) is 0 Å². The molecule has 2 aliphatic rings. The summed E-state index contributed by atoms with van der Waals surface area (Å²) in [5.41, 5.74) is 0.365. The second-order valence-corrected chi connectivity index (χ2v) is 12.5. The van der Waals surface area contributed by atoms with Crippen molar-refractivity contribution >= 4 is 23.9 Å². The molecule has 288 valence electrons. The topological polar surface area (TPSA) is 214 Å². The van der Waals surface area contributed by atoms with Gasteiger partial charge in [-0.1, -0.05) is 72.8 Å². The lowest BCUT2D eigenvalue weighted by molar-refractivity contribution is -0.354. The average molecular weight is 759 g/mol. The third-order valence-corrected chi connectivity index (χ3v) is 8.87. The molecule has 4 aromatic carbocycles. The number of aliphatic hydroxyl groups is 4. The second kappa shape index (κ2) is 18.2. The molecular formula is C40H38O15. The minimum absolute atomic E-state index is 0.0491. The molecule has 0 saturated carbocycles. The van der Waals surface area contributed by atoms with Crippen molar-refractivity contribution in [3.05, 3.63) is 144 Å². The Hall–Kier alpha value is -5.52. The minimum atomic E-state index is -1.95. The largest absolute Gasteiger partial charge is 0.459 e. The van der Waals surface area contributed by atoms with Crippen LogP contribution in [0.3, 0.4) is 0 Å². The number of rotatable bonds is 12. The van der Waals surface area contributed by atoms with Crippen LogP contribution in [0.15, 0.2) is 121 Å². The van der Waals surface area contributed by atoms with E-state index in [2.05, 4.69) is 0 Å². The lowest BCUT2D eigenvalue weighted by Gasteiger charge is -2.47. The minimum Gasteiger partial charge on any atom is -0.459 e. The van der Waals surface area contributed by atoms with Gasteiger partial charge in [-0.2, -0.15) is 0 Å². The molecule has 2 saturated heterocycles. The first-order chi connectivity index (χ1) is 26.6. The van der Waals surface area contributed by atoms with Gasteiger partial charge >= 0.3 is 23.9 Å². The Kier molecular flexibility index (Phi) is 13.0. The molecule has 6 rings (SSSR count). The van der Waals surface area contributed by atoms with Gasteiger partial charge in [0, 0.05) is 0 Å². The summed E-state index contributed by atoms with van der Waals surface area (Å²) >= 11 is 0. The van der Waals surface area contributed by atoms with E-state index >= 15 is 0 Å². The average Bonchev–Trinajstić information content (AvgIpc) is 3.22. The zero-order chi connectivity index (χ0) is 38.9. The fraction of sp³-hybridized carbons (Fsp3) is 0.300. The maximum atomic E-state index is 13.8. The van der Waals surface area contributed by atoms with Gasteiger partial charge in [0.2, 0.25) is 0 Å². The zero-order valence-corrected chi connectivity index (χ0v) is 29.0. The molecule has 0 spiro atoms. The molecule has 0 bridgehead atoms. The van der Waals surface area contributed by atoms with Crippen molar-refractivity contribution in [2.75, 3.05) is 13.2 Å². The molecule has 2 heterocycles. The van der Waals surface area contributed by atoms with E-state index in [-0.39, 0.29) is 22.3 Å². The summed E-state index contributed by atoms with van der Waals surface area (Å²) in [4.78, 5) is 54.3. The molecule has 4 aromatic rings. The van der Waals surface area contributed by atoms with Gasteiger partial charge in [0.1, 0.15) is 37.1 Å². The van der Waals surface area contributed by atoms with Gasteiger partial charge in [0.05, 0.1) is 28.9 Å². The van der Waals surface area contributed by atoms with E-state index in [0.717, 1.165) is 0 Å². The van der Waals surface area contributed by atoms with Gasteiger partial charge in [0.25, 0.3) is 0 Å². The maximum absolute atomic E-state index is 13.8. The first kappa shape index (κ1) is 39.2. The monoisotopic (exact) mass is 758 g/mol. The van der Waals surface area contributed by atoms with Crippen molar-refractivity contribution in [1.82, 2.24) is 0 Å². The van der Waals surface area contributed by atoms with Crippen molar-refractivity contribution in [3.8, 4) is 0 Å². The molecule has 0 amide bonds. The summed E-state index contributed by atoms with van der Waals surface area (Å²) in [7, 11) is 0. The fourth-order valence-electron chi connectivity index (χ4n) is 6.02. The predicted octanol–water partition coefficient (Wildman–Crippen LogP) is 2.06. The number of ether oxygens (including phenoxy) is 7. The fourth-order valence-corrected chi connectivity index (χ4v) is 6.02. The van der Waals surface area contributed by atoms with Crippen molar-refractivity contribution in [2.24, 2.45) is 0 Å². The Labute approximate surface area is 314 Å². The molecule has 55 heavy (non-hydrogen) atoms. The van der Waals surface area contributed by atoms with Gasteiger partial charge in [-0.15, -0.1) is 0 Å². The van der Waals surface area contributed by atoms with Crippen molar-refractivity contribution < 1.29 is 72.8 Å². The van der Waals surface area contributed by atoms with E-state index in [1.807, 2.05) is 0 Å². The van der Waals surface area contributed by atoms with E-state index in [4.69, 9.17) is 33.2 Å². The van der Waals surface area contributed by atoms with Crippen LogP contribution in [0.1, 0.15) is 41.4 Å². The van der Waals surface area contributed by atoms with E-state index in [1.165, 1.54) is 48.5 Å². The number of carbonyl (C=O) groups excluding carboxylic acids is 4. The van der Waals surface area contributed by atoms with Crippen LogP contribution in [0.5, 0.6) is 0 Å². The standard InChI is InChI=1S/C40H38O15/c41-21-27-29(42)32(30(43)39(48)50-27)55-40-34(54-38(47)26-19-11-4-12-20-26)33(53-37(46)25-17-9-3-10-18-25)31(52-36(45)24-15-7-2-8-16-24)28(51-40)22-49-35(44)23-13-5-1-6-14-23/h1-20,27-34,39-43,48H,21-22H2/t27?,28?,29-,30?,31-,32+,33+,34?,39?,40+/m1/s1. The highest BCUT2D eigenvalue weighted by Crippen LogP contribution is 2.34. The van der Waals surface area contributed by atoms with Gasteiger partial charge in [-0.05, 0) is 48.5 Å². The summed E-state index contributed by atoms with van der Waals surface area (Å²) in [5.74, 6) is -3.62. The maximum Gasteiger partial charge on any atom is 0.338 e. The summed E-state index contributed by atoms with van der Waals surface area (Å²) < 4.78 is 40.9. The number of carbonyl (C=O) groups is 4. The molecule has 0 radical (unpaired) electrons. The molecule has 5 unspecified atom stereocenters. The van der Waals surface area contributed by atoms with E-state index < -0.39 is 98.5 Å². The van der Waals surface area contributed by atoms with Crippen LogP contribution in [0.4, 0.5) is 0 Å². The van der Waals surface area contributed by atoms with Crippen molar-refractivity contribution in [3.63, 3.8) is 0 Å². The van der Waals surface area contributed by atoms with E-state index in [0.29, 0.717) is 0 Å². The SMILES string of the molecule is O=C(OCC1O[C@@H](O[C@@H]2C(O)C(O)OC(CO)[C@H]2O)C(OC(=O)c2ccccc2)[C@@H](OC(=O)c2ccccc2)[C@@H]1OC(=O)c1ccccc1)c1ccccc1. The highest BCUT2D eigenvalue weighted by Gasteiger charge is 2.56. The molecule has 10 atom stereocenters. The van der Waals surface area contributed by atoms with Crippen molar-refractivity contribution in [2.45, 2.75) is 61.4 Å². The second-order valence-electron chi connectivity index (χ2n) is 12.5. The van der Waals surface area contributed by atoms with Crippen LogP contribution < -0.4 is 0 Å². The Morgan fingerprint density at radius 3 is 1.36 bits per heavy atom. The Balaban J connectivity index is 1.43. The zero-order valence-electron chi connectivity index (χ0n) is 29.0. The molecule has 0 aliphatic carbocycles. The Morgan fingerprint density at radius 2 is 0.909 bits per heavy atom. The molecule has 15 nitrogen and oxygen atoms in total. The third kappa shape index (κ3) is 9.41. The summed E-state index contributed by atoms with van der Waals surface area (Å²) in [5, 5.41) is 42.2. The highest BCUT2D eigenvalue weighted by molar-refractivity contribution is 5.91. The Morgan fingerprint density at radius 1 is 0.491 bits per heavy atom. The van der Waals surface area contributed by atoms with Crippen molar-refractivity contribution in [1.29, 1.82) is 0 Å². The lowest BCUT2D eigenvalue weighted by Crippen LogP contribution is -2.66. The van der Waals surface area contributed by atoms with Gasteiger partial charge in [-0.25, -0.2) is 19.2 Å². The molecule has 4 N–H and O–H groups in total. The number of hydrogen-bond donors (Lipinski definition) is 4. The lowest BCUT2D eigenvalue weighted by atomic mass is 9.96. The third-order valence-electron chi connectivity index (χ3n) is 8.87. The Bertz CT molecular complexity index is 1880. The number of aliphatic hydroxyl groups excluding tert-OH is 4. The van der Waals surface area contributed by atoms with Crippen LogP contribution in [0.2, 0.25) is 0 Å². The first-order valence-electron chi connectivity index (χ1n) is 17.3. The van der Waals surface area contributed by atoms with E-state index in [1.54, 1.807) is 72.8 Å². The highest BCUT2D eigenvalue weighted by atomic mass is 16.7. The van der Waals surface area contributed by atoms with Gasteiger partial charge < -0.3 is 53.6 Å². The molecule has 0 aromatic heterocycles. The summed E-state index contributed by atoms with van der Waals surface area (Å²) in [6, 6.07) is 31.2. The van der Waals surface area contributed by atoms with Crippen LogP contribution in [0.25, 0.3) is 0 Å².